The highest BCUT2D eigenvalue weighted by Gasteiger charge is 2.09. The van der Waals surface area contributed by atoms with Crippen LogP contribution in [0.3, 0.4) is 0 Å². The number of halogens is 1. The summed E-state index contributed by atoms with van der Waals surface area (Å²) in [6.07, 6.45) is 1.64. The lowest BCUT2D eigenvalue weighted by molar-refractivity contribution is 0.367. The Balaban J connectivity index is 2.90. The fraction of sp³-hybridized carbons (Fsp3) is 0.600. The molecule has 1 heterocycles. The van der Waals surface area contributed by atoms with Crippen LogP contribution in [0.4, 0.5) is 5.69 Å². The van der Waals surface area contributed by atoms with Crippen LogP contribution in [0.1, 0.15) is 0 Å². The van der Waals surface area contributed by atoms with Crippen LogP contribution >= 0.6 is 15.9 Å². The molecule has 0 saturated carbocycles. The maximum Gasteiger partial charge on any atom is 0.283 e. The molecule has 1 rings (SSSR count). The predicted octanol–water partition coefficient (Wildman–Crippen LogP) is 0.456. The van der Waals surface area contributed by atoms with Crippen molar-refractivity contribution in [2.45, 2.75) is 6.54 Å². The average molecular weight is 304 g/mol. The Bertz CT molecular complexity index is 429. The Morgan fingerprint density at radius 1 is 1.41 bits per heavy atom. The molecule has 17 heavy (non-hydrogen) atoms. The standard InChI is InChI=1S/C10H18BrN5O/c1-14(2)5-6-16-10(17)9(11)8(7-12-16)13-15(3)4/h7,13H,5-6H2,1-4H3. The molecular formula is C10H18BrN5O. The Morgan fingerprint density at radius 2 is 2.06 bits per heavy atom. The van der Waals surface area contributed by atoms with Crippen LogP contribution in [0.15, 0.2) is 15.5 Å². The van der Waals surface area contributed by atoms with Gasteiger partial charge in [-0.05, 0) is 30.0 Å². The molecule has 1 N–H and O–H groups in total. The quantitative estimate of drug-likeness (QED) is 0.801. The SMILES string of the molecule is CN(C)CCn1ncc(NN(C)C)c(Br)c1=O. The molecular weight excluding hydrogens is 286 g/mol. The molecule has 0 bridgehead atoms. The number of nitrogens with zero attached hydrogens (tertiary/aromatic N) is 4. The number of rotatable bonds is 5. The van der Waals surface area contributed by atoms with Crippen molar-refractivity contribution < 1.29 is 0 Å². The third kappa shape index (κ3) is 4.10. The Morgan fingerprint density at radius 3 is 2.59 bits per heavy atom. The lowest BCUT2D eigenvalue weighted by Crippen LogP contribution is -2.30. The highest BCUT2D eigenvalue weighted by atomic mass is 79.9. The van der Waals surface area contributed by atoms with Gasteiger partial charge in [0.1, 0.15) is 4.47 Å². The average Bonchev–Trinajstić information content (AvgIpc) is 2.23. The maximum atomic E-state index is 12.0. The first-order valence-corrected chi connectivity index (χ1v) is 6.05. The first kappa shape index (κ1) is 14.1. The summed E-state index contributed by atoms with van der Waals surface area (Å²) in [6.45, 7) is 1.35. The molecule has 0 radical (unpaired) electrons. The molecule has 0 aliphatic carbocycles. The van der Waals surface area contributed by atoms with Crippen molar-refractivity contribution in [2.24, 2.45) is 0 Å². The molecule has 6 nitrogen and oxygen atoms in total. The zero-order valence-electron chi connectivity index (χ0n) is 10.6. The Labute approximate surface area is 109 Å². The fourth-order valence-corrected chi connectivity index (χ4v) is 1.63. The lowest BCUT2D eigenvalue weighted by atomic mass is 10.4. The molecule has 0 aliphatic heterocycles. The van der Waals surface area contributed by atoms with E-state index < -0.39 is 0 Å². The van der Waals surface area contributed by atoms with Gasteiger partial charge in [0.2, 0.25) is 0 Å². The normalized spacial score (nSPS) is 11.2. The number of nitrogens with one attached hydrogen (secondary N) is 1. The van der Waals surface area contributed by atoms with E-state index in [1.807, 2.05) is 33.1 Å². The van der Waals surface area contributed by atoms with E-state index in [-0.39, 0.29) is 5.56 Å². The van der Waals surface area contributed by atoms with Crippen molar-refractivity contribution in [3.63, 3.8) is 0 Å². The van der Waals surface area contributed by atoms with Gasteiger partial charge in [-0.25, -0.2) is 9.69 Å². The smallest absolute Gasteiger partial charge is 0.283 e. The summed E-state index contributed by atoms with van der Waals surface area (Å²) in [4.78, 5) is 14.0. The zero-order valence-corrected chi connectivity index (χ0v) is 12.2. The summed E-state index contributed by atoms with van der Waals surface area (Å²) in [6, 6.07) is 0. The lowest BCUT2D eigenvalue weighted by Gasteiger charge is -2.15. The van der Waals surface area contributed by atoms with Crippen molar-refractivity contribution >= 4 is 21.6 Å². The Hall–Kier alpha value is -0.920. The van der Waals surface area contributed by atoms with Crippen LogP contribution in [0.25, 0.3) is 0 Å². The summed E-state index contributed by atoms with van der Waals surface area (Å²) in [5, 5.41) is 5.88. The van der Waals surface area contributed by atoms with Gasteiger partial charge >= 0.3 is 0 Å². The number of hydrogen-bond acceptors (Lipinski definition) is 5. The van der Waals surface area contributed by atoms with Crippen LogP contribution < -0.4 is 11.0 Å². The summed E-state index contributed by atoms with van der Waals surface area (Å²) in [5.41, 5.74) is 3.55. The van der Waals surface area contributed by atoms with E-state index in [0.717, 1.165) is 6.54 Å². The van der Waals surface area contributed by atoms with Crippen LogP contribution in [0, 0.1) is 0 Å². The highest BCUT2D eigenvalue weighted by molar-refractivity contribution is 9.10. The Kier molecular flexibility index (Phi) is 5.10. The van der Waals surface area contributed by atoms with E-state index in [9.17, 15) is 4.79 Å². The van der Waals surface area contributed by atoms with Gasteiger partial charge in [-0.15, -0.1) is 0 Å². The first-order valence-electron chi connectivity index (χ1n) is 5.26. The maximum absolute atomic E-state index is 12.0. The van der Waals surface area contributed by atoms with Gasteiger partial charge in [0, 0.05) is 20.6 Å². The number of anilines is 1. The number of hydrazine groups is 1. The van der Waals surface area contributed by atoms with Crippen LogP contribution in [-0.4, -0.2) is 54.4 Å². The number of aromatic nitrogens is 2. The van der Waals surface area contributed by atoms with Gasteiger partial charge < -0.3 is 10.3 Å². The zero-order chi connectivity index (χ0) is 13.0. The van der Waals surface area contributed by atoms with Crippen LogP contribution in [-0.2, 0) is 6.54 Å². The molecule has 0 amide bonds. The van der Waals surface area contributed by atoms with E-state index in [4.69, 9.17) is 0 Å². The first-order chi connectivity index (χ1) is 7.91. The van der Waals surface area contributed by atoms with Gasteiger partial charge in [0.15, 0.2) is 0 Å². The van der Waals surface area contributed by atoms with E-state index >= 15 is 0 Å². The van der Waals surface area contributed by atoms with Gasteiger partial charge in [-0.1, -0.05) is 0 Å². The summed E-state index contributed by atoms with van der Waals surface area (Å²) in [5.74, 6) is 0. The van der Waals surface area contributed by atoms with Gasteiger partial charge in [-0.3, -0.25) is 4.79 Å². The van der Waals surface area contributed by atoms with Gasteiger partial charge in [0.25, 0.3) is 5.56 Å². The van der Waals surface area contributed by atoms with Gasteiger partial charge in [0.05, 0.1) is 18.4 Å². The van der Waals surface area contributed by atoms with Crippen LogP contribution in [0.2, 0.25) is 0 Å². The molecule has 0 aliphatic rings. The molecule has 96 valence electrons. The molecule has 1 aromatic rings. The van der Waals surface area contributed by atoms with Crippen molar-refractivity contribution in [1.29, 1.82) is 0 Å². The molecule has 0 atom stereocenters. The van der Waals surface area contributed by atoms with Gasteiger partial charge in [-0.2, -0.15) is 5.10 Å². The topological polar surface area (TPSA) is 53.4 Å². The number of hydrogen-bond donors (Lipinski definition) is 1. The second kappa shape index (κ2) is 6.13. The second-order valence-corrected chi connectivity index (χ2v) is 5.00. The second-order valence-electron chi connectivity index (χ2n) is 4.21. The summed E-state index contributed by atoms with van der Waals surface area (Å²) in [7, 11) is 7.62. The van der Waals surface area contributed by atoms with Crippen molar-refractivity contribution in [3.8, 4) is 0 Å². The molecule has 0 fully saturated rings. The fourth-order valence-electron chi connectivity index (χ4n) is 1.24. The van der Waals surface area contributed by atoms with Crippen LogP contribution in [0.5, 0.6) is 0 Å². The molecule has 1 aromatic heterocycles. The summed E-state index contributed by atoms with van der Waals surface area (Å²) < 4.78 is 1.95. The van der Waals surface area contributed by atoms with Crippen molar-refractivity contribution in [1.82, 2.24) is 19.7 Å². The minimum absolute atomic E-state index is 0.126. The molecule has 0 unspecified atom stereocenters. The predicted molar refractivity (Wildman–Crippen MR) is 72.1 cm³/mol. The van der Waals surface area contributed by atoms with E-state index in [0.29, 0.717) is 16.7 Å². The van der Waals surface area contributed by atoms with E-state index in [1.165, 1.54) is 4.68 Å². The van der Waals surface area contributed by atoms with Crippen molar-refractivity contribution in [3.05, 3.63) is 21.0 Å². The minimum Gasteiger partial charge on any atom is -0.317 e. The molecule has 0 saturated heterocycles. The summed E-state index contributed by atoms with van der Waals surface area (Å²) >= 11 is 3.29. The third-order valence-corrected chi connectivity index (χ3v) is 2.85. The highest BCUT2D eigenvalue weighted by Crippen LogP contribution is 2.15. The molecule has 7 heteroatoms. The largest absolute Gasteiger partial charge is 0.317 e. The van der Waals surface area contributed by atoms with E-state index in [2.05, 4.69) is 26.5 Å². The minimum atomic E-state index is -0.126. The monoisotopic (exact) mass is 303 g/mol. The van der Waals surface area contributed by atoms with E-state index in [1.54, 1.807) is 11.2 Å². The molecule has 0 aromatic carbocycles. The number of likely N-dealkylation sites (N-methyl/N-ethyl adjacent to an activating group) is 1. The third-order valence-electron chi connectivity index (χ3n) is 2.09. The van der Waals surface area contributed by atoms with Crippen molar-refractivity contribution in [2.75, 3.05) is 40.2 Å². The molecule has 0 spiro atoms.